The van der Waals surface area contributed by atoms with Crippen LogP contribution in [0.4, 0.5) is 0 Å². The third kappa shape index (κ3) is 21.8. The van der Waals surface area contributed by atoms with Gasteiger partial charge in [-0.25, -0.2) is 0 Å². The molecule has 0 saturated carbocycles. The van der Waals surface area contributed by atoms with Gasteiger partial charge in [0, 0.05) is 30.4 Å². The number of allylic oxidation sites excluding steroid dienone is 2. The summed E-state index contributed by atoms with van der Waals surface area (Å²) >= 11 is 0. The van der Waals surface area contributed by atoms with Crippen molar-refractivity contribution in [1.29, 1.82) is 0 Å². The minimum Gasteiger partial charge on any atom is -0.376 e. The average molecular weight is 723 g/mol. The second-order valence-corrected chi connectivity index (χ2v) is 15.6. The van der Waals surface area contributed by atoms with Gasteiger partial charge in [-0.3, -0.25) is 4.99 Å². The van der Waals surface area contributed by atoms with Crippen molar-refractivity contribution < 1.29 is 0 Å². The number of aryl methyl sites for hydroxylation is 3. The van der Waals surface area contributed by atoms with Gasteiger partial charge in [0.2, 0.25) is 0 Å². The molecule has 3 aromatic rings. The van der Waals surface area contributed by atoms with E-state index in [-0.39, 0.29) is 12.0 Å². The van der Waals surface area contributed by atoms with Crippen LogP contribution in [0.3, 0.4) is 0 Å². The Labute approximate surface area is 330 Å². The number of hydrogen-bond donors (Lipinski definition) is 0. The maximum absolute atomic E-state index is 5.36. The van der Waals surface area contributed by atoms with Crippen molar-refractivity contribution in [3.8, 4) is 0 Å². The molecule has 0 bridgehead atoms. The Balaban J connectivity index is 0.000001000. The van der Waals surface area contributed by atoms with E-state index in [4.69, 9.17) is 4.99 Å². The molecule has 2 atom stereocenters. The molecule has 296 valence electrons. The molecule has 3 rings (SSSR count). The van der Waals surface area contributed by atoms with Crippen LogP contribution in [0, 0.1) is 26.7 Å². The third-order valence-electron chi connectivity index (χ3n) is 9.44. The Hall–Kier alpha value is -3.39. The van der Waals surface area contributed by atoms with E-state index in [1.54, 1.807) is 0 Å². The molecule has 2 unspecified atom stereocenters. The predicted molar refractivity (Wildman–Crippen MR) is 242 cm³/mol. The Kier molecular flexibility index (Phi) is 27.2. The SMILES string of the molecule is C=C(C)CC.C=C(C)N(CCC)CCC.CC(=NC(c1ccc(C)cc1)C(C)c1ccc(C)cc1)c1ccc(C)cc1CC(C)C.CCCCCCC. The molecule has 0 aliphatic rings. The van der Waals surface area contributed by atoms with Crippen molar-refractivity contribution >= 4 is 5.71 Å². The van der Waals surface area contributed by atoms with Gasteiger partial charge in [-0.05, 0) is 95.4 Å². The molecule has 0 aliphatic heterocycles. The minimum absolute atomic E-state index is 0.0801. The van der Waals surface area contributed by atoms with Gasteiger partial charge < -0.3 is 4.90 Å². The van der Waals surface area contributed by atoms with Gasteiger partial charge in [0.25, 0.3) is 0 Å². The lowest BCUT2D eigenvalue weighted by Crippen LogP contribution is -2.22. The summed E-state index contributed by atoms with van der Waals surface area (Å²) in [5, 5.41) is 0. The van der Waals surface area contributed by atoms with Gasteiger partial charge in [-0.15, -0.1) is 6.58 Å². The highest BCUT2D eigenvalue weighted by Gasteiger charge is 2.21. The fraction of sp³-hybridized carbons (Fsp3) is 0.549. The van der Waals surface area contributed by atoms with E-state index in [1.165, 1.54) is 95.2 Å². The number of rotatable bonds is 17. The highest BCUT2D eigenvalue weighted by atomic mass is 15.1. The smallest absolute Gasteiger partial charge is 0.0818 e. The van der Waals surface area contributed by atoms with Gasteiger partial charge in [0.15, 0.2) is 0 Å². The zero-order valence-electron chi connectivity index (χ0n) is 37.2. The first-order chi connectivity index (χ1) is 25.1. The largest absolute Gasteiger partial charge is 0.376 e. The molecule has 0 radical (unpaired) electrons. The van der Waals surface area contributed by atoms with E-state index in [0.717, 1.165) is 31.6 Å². The van der Waals surface area contributed by atoms with Crippen LogP contribution in [0.5, 0.6) is 0 Å². The quantitative estimate of drug-likeness (QED) is 0.0769. The average Bonchev–Trinajstić information content (AvgIpc) is 3.11. The summed E-state index contributed by atoms with van der Waals surface area (Å²) in [6, 6.07) is 24.7. The highest BCUT2D eigenvalue weighted by molar-refractivity contribution is 6.00. The van der Waals surface area contributed by atoms with Gasteiger partial charge in [0.1, 0.15) is 0 Å². The third-order valence-corrected chi connectivity index (χ3v) is 9.44. The van der Waals surface area contributed by atoms with Crippen molar-refractivity contribution in [2.75, 3.05) is 13.1 Å². The molecule has 3 aromatic carbocycles. The van der Waals surface area contributed by atoms with Crippen LogP contribution in [0.1, 0.15) is 178 Å². The number of unbranched alkanes of at least 4 members (excludes halogenated alkanes) is 4. The molecule has 0 spiro atoms. The lowest BCUT2D eigenvalue weighted by molar-refractivity contribution is 0.347. The van der Waals surface area contributed by atoms with Crippen molar-refractivity contribution in [3.63, 3.8) is 0 Å². The summed E-state index contributed by atoms with van der Waals surface area (Å²) < 4.78 is 0. The summed E-state index contributed by atoms with van der Waals surface area (Å²) in [5.41, 5.74) is 12.8. The van der Waals surface area contributed by atoms with E-state index in [9.17, 15) is 0 Å². The summed E-state index contributed by atoms with van der Waals surface area (Å²) in [6.45, 7) is 40.5. The van der Waals surface area contributed by atoms with Crippen molar-refractivity contribution in [3.05, 3.63) is 130 Å². The number of benzene rings is 3. The number of hydrogen-bond acceptors (Lipinski definition) is 2. The predicted octanol–water partition coefficient (Wildman–Crippen LogP) is 15.8. The Morgan fingerprint density at radius 1 is 0.623 bits per heavy atom. The Morgan fingerprint density at radius 3 is 1.47 bits per heavy atom. The van der Waals surface area contributed by atoms with Crippen LogP contribution in [-0.2, 0) is 6.42 Å². The molecule has 0 aromatic heterocycles. The van der Waals surface area contributed by atoms with Gasteiger partial charge in [0.05, 0.1) is 6.04 Å². The maximum Gasteiger partial charge on any atom is 0.0818 e. The molecule has 0 fully saturated rings. The van der Waals surface area contributed by atoms with Gasteiger partial charge >= 0.3 is 0 Å². The molecule has 0 saturated heterocycles. The first-order valence-corrected chi connectivity index (χ1v) is 21.0. The fourth-order valence-electron chi connectivity index (χ4n) is 5.96. The lowest BCUT2D eigenvalue weighted by atomic mass is 9.87. The Bertz CT molecular complexity index is 1410. The summed E-state index contributed by atoms with van der Waals surface area (Å²) in [5.74, 6) is 0.907. The fourth-order valence-corrected chi connectivity index (χ4v) is 5.96. The number of aliphatic imine (C=N–C) groups is 1. The van der Waals surface area contributed by atoms with E-state index in [1.807, 2.05) is 6.92 Å². The molecule has 53 heavy (non-hydrogen) atoms. The highest BCUT2D eigenvalue weighted by Crippen LogP contribution is 2.35. The van der Waals surface area contributed by atoms with Crippen LogP contribution < -0.4 is 0 Å². The van der Waals surface area contributed by atoms with Crippen LogP contribution in [0.2, 0.25) is 0 Å². The second-order valence-electron chi connectivity index (χ2n) is 15.6. The summed E-state index contributed by atoms with van der Waals surface area (Å²) in [6.07, 6.45) is 11.6. The van der Waals surface area contributed by atoms with Gasteiger partial charge in [-0.2, -0.15) is 0 Å². The molecular formula is C51H82N2. The van der Waals surface area contributed by atoms with Crippen LogP contribution in [0.15, 0.2) is 96.2 Å². The van der Waals surface area contributed by atoms with Crippen LogP contribution in [0.25, 0.3) is 0 Å². The first-order valence-electron chi connectivity index (χ1n) is 21.0. The standard InChI is InChI=1S/C30H37N.C9H19N.C7H16.C5H10/c1-20(2)18-28-19-23(5)12-17-29(28)25(7)31-30(27-15-10-22(4)11-16-27)24(6)26-13-8-21(3)9-14-26;1-5-7-10(8-6-2)9(3)4;1-3-5-7-6-4-2;1-4-5(2)3/h8-17,19-20,24,30H,18H2,1-7H3;3,5-8H2,1-2,4H3;3-7H2,1-2H3;2,4H2,1,3H3. The second kappa shape index (κ2) is 29.0. The van der Waals surface area contributed by atoms with E-state index >= 15 is 0 Å². The van der Waals surface area contributed by atoms with Crippen LogP contribution >= 0.6 is 0 Å². The molecule has 0 heterocycles. The molecule has 2 heteroatoms. The molecule has 0 N–H and O–H groups in total. The topological polar surface area (TPSA) is 15.6 Å². The van der Waals surface area contributed by atoms with Crippen molar-refractivity contribution in [1.82, 2.24) is 4.90 Å². The summed E-state index contributed by atoms with van der Waals surface area (Å²) in [4.78, 5) is 7.69. The molecule has 2 nitrogen and oxygen atoms in total. The van der Waals surface area contributed by atoms with E-state index in [0.29, 0.717) is 5.92 Å². The summed E-state index contributed by atoms with van der Waals surface area (Å²) in [7, 11) is 0. The lowest BCUT2D eigenvalue weighted by Gasteiger charge is -2.23. The normalized spacial score (nSPS) is 11.9. The van der Waals surface area contributed by atoms with Crippen LogP contribution in [-0.4, -0.2) is 23.7 Å². The zero-order valence-corrected chi connectivity index (χ0v) is 37.2. The monoisotopic (exact) mass is 723 g/mol. The van der Waals surface area contributed by atoms with E-state index in [2.05, 4.69) is 175 Å². The first kappa shape index (κ1) is 49.6. The maximum atomic E-state index is 5.36. The molecular weight excluding hydrogens is 641 g/mol. The van der Waals surface area contributed by atoms with Crippen molar-refractivity contribution in [2.24, 2.45) is 10.9 Å². The zero-order chi connectivity index (χ0) is 40.3. The minimum atomic E-state index is 0.0801. The molecule has 0 aliphatic carbocycles. The number of nitrogens with zero attached hydrogens (tertiary/aromatic N) is 2. The Morgan fingerprint density at radius 2 is 1.08 bits per heavy atom. The van der Waals surface area contributed by atoms with E-state index < -0.39 is 0 Å². The van der Waals surface area contributed by atoms with Crippen molar-refractivity contribution in [2.45, 2.75) is 167 Å². The van der Waals surface area contributed by atoms with Gasteiger partial charge in [-0.1, -0.05) is 183 Å². The molecule has 0 amide bonds.